The minimum atomic E-state index is -0.475. The quantitative estimate of drug-likeness (QED) is 0.920. The Morgan fingerprint density at radius 2 is 2.18 bits per heavy atom. The average molecular weight is 302 g/mol. The van der Waals surface area contributed by atoms with Crippen LogP contribution < -0.4 is 5.73 Å². The third-order valence-corrected chi connectivity index (χ3v) is 4.26. The van der Waals surface area contributed by atoms with Crippen LogP contribution in [0.4, 0.5) is 4.39 Å². The van der Waals surface area contributed by atoms with E-state index in [1.54, 1.807) is 4.90 Å². The summed E-state index contributed by atoms with van der Waals surface area (Å²) < 4.78 is 13.8. The van der Waals surface area contributed by atoms with Crippen molar-refractivity contribution in [2.75, 3.05) is 13.1 Å². The number of aromatic nitrogens is 2. The van der Waals surface area contributed by atoms with Gasteiger partial charge >= 0.3 is 0 Å². The predicted molar refractivity (Wildman–Crippen MR) is 81.8 cm³/mol. The van der Waals surface area contributed by atoms with Crippen LogP contribution in [0.15, 0.2) is 24.5 Å². The molecule has 1 fully saturated rings. The maximum Gasteiger partial charge on any atom is 0.256 e. The standard InChI is InChI=1S/C16H19FN4O/c1-10(18)11-3-2-6-21(9-11)16(22)13-7-12(17)8-14-15(13)20-5-4-19-14/h4-5,7-8,10-11H,2-3,6,9,18H2,1H3. The molecule has 0 radical (unpaired) electrons. The summed E-state index contributed by atoms with van der Waals surface area (Å²) in [6, 6.07) is 2.58. The fourth-order valence-corrected chi connectivity index (χ4v) is 3.00. The van der Waals surface area contributed by atoms with E-state index in [2.05, 4.69) is 9.97 Å². The van der Waals surface area contributed by atoms with Crippen molar-refractivity contribution in [2.45, 2.75) is 25.8 Å². The summed E-state index contributed by atoms with van der Waals surface area (Å²) in [5.41, 5.74) is 7.07. The largest absolute Gasteiger partial charge is 0.338 e. The Hall–Kier alpha value is -2.08. The molecule has 0 spiro atoms. The van der Waals surface area contributed by atoms with Crippen LogP contribution in [0.2, 0.25) is 0 Å². The van der Waals surface area contributed by atoms with Crippen molar-refractivity contribution in [3.63, 3.8) is 0 Å². The molecule has 116 valence electrons. The van der Waals surface area contributed by atoms with Gasteiger partial charge in [-0.2, -0.15) is 0 Å². The number of hydrogen-bond acceptors (Lipinski definition) is 4. The molecule has 6 heteroatoms. The van der Waals surface area contributed by atoms with E-state index in [4.69, 9.17) is 5.73 Å². The third kappa shape index (κ3) is 2.78. The molecule has 2 atom stereocenters. The van der Waals surface area contributed by atoms with Gasteiger partial charge in [0, 0.05) is 37.6 Å². The third-order valence-electron chi connectivity index (χ3n) is 4.26. The summed E-state index contributed by atoms with van der Waals surface area (Å²) in [5, 5.41) is 0. The fraction of sp³-hybridized carbons (Fsp3) is 0.438. The van der Waals surface area contributed by atoms with Crippen molar-refractivity contribution < 1.29 is 9.18 Å². The van der Waals surface area contributed by atoms with Crippen LogP contribution in [-0.2, 0) is 0 Å². The van der Waals surface area contributed by atoms with Gasteiger partial charge in [0.15, 0.2) is 0 Å². The van der Waals surface area contributed by atoms with E-state index >= 15 is 0 Å². The van der Waals surface area contributed by atoms with Crippen molar-refractivity contribution in [3.8, 4) is 0 Å². The monoisotopic (exact) mass is 302 g/mol. The second-order valence-corrected chi connectivity index (χ2v) is 5.89. The summed E-state index contributed by atoms with van der Waals surface area (Å²) in [6.07, 6.45) is 4.93. The molecule has 1 aromatic heterocycles. The molecule has 3 rings (SSSR count). The number of piperidine rings is 1. The van der Waals surface area contributed by atoms with Gasteiger partial charge in [0.2, 0.25) is 0 Å². The van der Waals surface area contributed by atoms with E-state index in [9.17, 15) is 9.18 Å². The Morgan fingerprint density at radius 1 is 1.41 bits per heavy atom. The highest BCUT2D eigenvalue weighted by Crippen LogP contribution is 2.23. The van der Waals surface area contributed by atoms with Crippen LogP contribution in [0.3, 0.4) is 0 Å². The van der Waals surface area contributed by atoms with Crippen LogP contribution in [-0.4, -0.2) is 39.9 Å². The van der Waals surface area contributed by atoms with Gasteiger partial charge in [-0.25, -0.2) is 4.39 Å². The molecule has 2 heterocycles. The van der Waals surface area contributed by atoms with Gasteiger partial charge in [0.05, 0.1) is 11.1 Å². The number of nitrogens with two attached hydrogens (primary N) is 1. The molecule has 2 unspecified atom stereocenters. The molecular formula is C16H19FN4O. The van der Waals surface area contributed by atoms with Crippen molar-refractivity contribution >= 4 is 16.9 Å². The highest BCUT2D eigenvalue weighted by molar-refractivity contribution is 6.04. The minimum absolute atomic E-state index is 0.0413. The summed E-state index contributed by atoms with van der Waals surface area (Å²) in [4.78, 5) is 22.8. The van der Waals surface area contributed by atoms with E-state index in [1.165, 1.54) is 24.5 Å². The Bertz CT molecular complexity index is 704. The maximum absolute atomic E-state index is 13.8. The lowest BCUT2D eigenvalue weighted by Gasteiger charge is -2.34. The lowest BCUT2D eigenvalue weighted by atomic mass is 9.92. The number of hydrogen-bond donors (Lipinski definition) is 1. The second-order valence-electron chi connectivity index (χ2n) is 5.89. The van der Waals surface area contributed by atoms with Gasteiger partial charge in [-0.05, 0) is 31.7 Å². The number of nitrogens with zero attached hydrogens (tertiary/aromatic N) is 3. The van der Waals surface area contributed by atoms with Gasteiger partial charge in [-0.3, -0.25) is 14.8 Å². The summed E-state index contributed by atoms with van der Waals surface area (Å²) >= 11 is 0. The van der Waals surface area contributed by atoms with Gasteiger partial charge < -0.3 is 10.6 Å². The van der Waals surface area contributed by atoms with E-state index in [0.29, 0.717) is 24.1 Å². The minimum Gasteiger partial charge on any atom is -0.338 e. The van der Waals surface area contributed by atoms with Gasteiger partial charge in [-0.15, -0.1) is 0 Å². The zero-order valence-corrected chi connectivity index (χ0v) is 12.5. The molecule has 1 aliphatic heterocycles. The summed E-state index contributed by atoms with van der Waals surface area (Å²) in [7, 11) is 0. The highest BCUT2D eigenvalue weighted by atomic mass is 19.1. The zero-order chi connectivity index (χ0) is 15.7. The van der Waals surface area contributed by atoms with E-state index in [-0.39, 0.29) is 23.4 Å². The smallest absolute Gasteiger partial charge is 0.256 e. The fourth-order valence-electron chi connectivity index (χ4n) is 3.00. The van der Waals surface area contributed by atoms with Crippen LogP contribution in [0.25, 0.3) is 11.0 Å². The molecule has 2 N–H and O–H groups in total. The number of carbonyl (C=O) groups is 1. The SMILES string of the molecule is CC(N)C1CCCN(C(=O)c2cc(F)cc3nccnc23)C1. The number of likely N-dealkylation sites (tertiary alicyclic amines) is 1. The lowest BCUT2D eigenvalue weighted by molar-refractivity contribution is 0.0662. The van der Waals surface area contributed by atoms with Gasteiger partial charge in [0.25, 0.3) is 5.91 Å². The Kier molecular flexibility index (Phi) is 4.02. The van der Waals surface area contributed by atoms with E-state index in [1.807, 2.05) is 6.92 Å². The van der Waals surface area contributed by atoms with Crippen molar-refractivity contribution in [1.82, 2.24) is 14.9 Å². The number of rotatable bonds is 2. The number of carbonyl (C=O) groups excluding carboxylic acids is 1. The molecule has 0 bridgehead atoms. The molecule has 1 amide bonds. The number of halogens is 1. The Morgan fingerprint density at radius 3 is 2.95 bits per heavy atom. The zero-order valence-electron chi connectivity index (χ0n) is 12.5. The van der Waals surface area contributed by atoms with Crippen LogP contribution >= 0.6 is 0 Å². The molecule has 22 heavy (non-hydrogen) atoms. The van der Waals surface area contributed by atoms with Crippen LogP contribution in [0, 0.1) is 11.7 Å². The number of fused-ring (bicyclic) bond motifs is 1. The van der Waals surface area contributed by atoms with Crippen molar-refractivity contribution in [3.05, 3.63) is 35.9 Å². The summed E-state index contributed by atoms with van der Waals surface area (Å²) in [5.74, 6) is -0.393. The first kappa shape index (κ1) is 14.8. The van der Waals surface area contributed by atoms with Crippen LogP contribution in [0.1, 0.15) is 30.1 Å². The topological polar surface area (TPSA) is 72.1 Å². The summed E-state index contributed by atoms with van der Waals surface area (Å²) in [6.45, 7) is 3.23. The molecule has 2 aromatic rings. The number of benzene rings is 1. The Labute approximate surface area is 128 Å². The molecule has 0 saturated carbocycles. The predicted octanol–water partition coefficient (Wildman–Crippen LogP) is 1.97. The molecule has 1 aromatic carbocycles. The molecule has 0 aliphatic carbocycles. The van der Waals surface area contributed by atoms with Crippen molar-refractivity contribution in [1.29, 1.82) is 0 Å². The molecule has 1 saturated heterocycles. The maximum atomic E-state index is 13.8. The first-order valence-corrected chi connectivity index (χ1v) is 7.51. The van der Waals surface area contributed by atoms with E-state index in [0.717, 1.165) is 12.8 Å². The molecular weight excluding hydrogens is 283 g/mol. The number of amides is 1. The normalized spacial score (nSPS) is 20.1. The van der Waals surface area contributed by atoms with Gasteiger partial charge in [-0.1, -0.05) is 0 Å². The molecule has 5 nitrogen and oxygen atoms in total. The van der Waals surface area contributed by atoms with Crippen molar-refractivity contribution in [2.24, 2.45) is 11.7 Å². The van der Waals surface area contributed by atoms with E-state index < -0.39 is 5.82 Å². The Balaban J connectivity index is 1.95. The highest BCUT2D eigenvalue weighted by Gasteiger charge is 2.28. The van der Waals surface area contributed by atoms with Crippen LogP contribution in [0.5, 0.6) is 0 Å². The lowest BCUT2D eigenvalue weighted by Crippen LogP contribution is -2.45. The van der Waals surface area contributed by atoms with Gasteiger partial charge in [0.1, 0.15) is 11.3 Å². The molecule has 1 aliphatic rings. The second kappa shape index (κ2) is 5.96. The first-order valence-electron chi connectivity index (χ1n) is 7.51. The first-order chi connectivity index (χ1) is 10.6. The average Bonchev–Trinajstić information content (AvgIpc) is 2.53.